The summed E-state index contributed by atoms with van der Waals surface area (Å²) < 4.78 is 27.3. The van der Waals surface area contributed by atoms with Crippen molar-refractivity contribution in [3.63, 3.8) is 0 Å². The van der Waals surface area contributed by atoms with E-state index in [1.807, 2.05) is 0 Å². The van der Waals surface area contributed by atoms with Crippen LogP contribution < -0.4 is 10.5 Å². The lowest BCUT2D eigenvalue weighted by molar-refractivity contribution is 0.339. The number of hydrogen-bond donors (Lipinski definition) is 2. The number of rotatable bonds is 6. The van der Waals surface area contributed by atoms with Gasteiger partial charge >= 0.3 is 0 Å². The SMILES string of the molecule is NC(=S)c1ncccc1S(=O)(=O)NCCC1CCCCC1. The molecule has 116 valence electrons. The Morgan fingerprint density at radius 2 is 2.10 bits per heavy atom. The van der Waals surface area contributed by atoms with E-state index in [4.69, 9.17) is 18.0 Å². The molecule has 1 aliphatic rings. The molecule has 1 heterocycles. The predicted octanol–water partition coefficient (Wildman–Crippen LogP) is 1.96. The Morgan fingerprint density at radius 3 is 2.76 bits per heavy atom. The number of pyridine rings is 1. The van der Waals surface area contributed by atoms with E-state index in [0.29, 0.717) is 12.5 Å². The first-order valence-corrected chi connectivity index (χ1v) is 9.14. The van der Waals surface area contributed by atoms with Gasteiger partial charge in [-0.3, -0.25) is 4.98 Å². The summed E-state index contributed by atoms with van der Waals surface area (Å²) in [5, 5.41) is 0. The largest absolute Gasteiger partial charge is 0.388 e. The molecule has 1 aliphatic carbocycles. The highest BCUT2D eigenvalue weighted by atomic mass is 32.2. The molecule has 1 aromatic heterocycles. The lowest BCUT2D eigenvalue weighted by Gasteiger charge is -2.21. The van der Waals surface area contributed by atoms with Crippen molar-refractivity contribution in [1.29, 1.82) is 0 Å². The van der Waals surface area contributed by atoms with Crippen LogP contribution >= 0.6 is 12.2 Å². The third kappa shape index (κ3) is 4.46. The number of hydrogen-bond acceptors (Lipinski definition) is 4. The second-order valence-electron chi connectivity index (χ2n) is 5.40. The minimum Gasteiger partial charge on any atom is -0.388 e. The number of nitrogens with one attached hydrogen (secondary N) is 1. The topological polar surface area (TPSA) is 85.1 Å². The minimum atomic E-state index is -3.62. The highest BCUT2D eigenvalue weighted by molar-refractivity contribution is 7.89. The Bertz CT molecular complexity index is 596. The molecule has 1 aromatic rings. The molecule has 21 heavy (non-hydrogen) atoms. The van der Waals surface area contributed by atoms with E-state index in [1.165, 1.54) is 44.4 Å². The zero-order chi connectivity index (χ0) is 15.3. The standard InChI is InChI=1S/C14H21N3O2S2/c15-14(20)13-12(7-4-9-16-13)21(18,19)17-10-8-11-5-2-1-3-6-11/h4,7,9,11,17H,1-3,5-6,8,10H2,(H2,15,20). The zero-order valence-electron chi connectivity index (χ0n) is 11.9. The Balaban J connectivity index is 2.00. The van der Waals surface area contributed by atoms with Crippen molar-refractivity contribution in [2.75, 3.05) is 6.54 Å². The van der Waals surface area contributed by atoms with Gasteiger partial charge in [0.1, 0.15) is 15.6 Å². The maximum Gasteiger partial charge on any atom is 0.242 e. The van der Waals surface area contributed by atoms with E-state index >= 15 is 0 Å². The molecule has 0 radical (unpaired) electrons. The van der Waals surface area contributed by atoms with Gasteiger partial charge in [0.2, 0.25) is 10.0 Å². The van der Waals surface area contributed by atoms with Gasteiger partial charge in [0.05, 0.1) is 0 Å². The van der Waals surface area contributed by atoms with Gasteiger partial charge < -0.3 is 5.73 Å². The van der Waals surface area contributed by atoms with Gasteiger partial charge in [0, 0.05) is 12.7 Å². The van der Waals surface area contributed by atoms with Gasteiger partial charge in [-0.15, -0.1) is 0 Å². The number of nitrogens with zero attached hydrogens (tertiary/aromatic N) is 1. The van der Waals surface area contributed by atoms with E-state index < -0.39 is 10.0 Å². The van der Waals surface area contributed by atoms with E-state index in [-0.39, 0.29) is 15.6 Å². The fourth-order valence-corrected chi connectivity index (χ4v) is 4.19. The number of aromatic nitrogens is 1. The average molecular weight is 327 g/mol. The fourth-order valence-electron chi connectivity index (χ4n) is 2.74. The van der Waals surface area contributed by atoms with E-state index in [9.17, 15) is 8.42 Å². The summed E-state index contributed by atoms with van der Waals surface area (Å²) in [4.78, 5) is 4.00. The summed E-state index contributed by atoms with van der Waals surface area (Å²) in [6.07, 6.45) is 8.57. The summed E-state index contributed by atoms with van der Waals surface area (Å²) in [7, 11) is -3.62. The molecule has 0 amide bonds. The van der Waals surface area contributed by atoms with Crippen LogP contribution in [0.25, 0.3) is 0 Å². The lowest BCUT2D eigenvalue weighted by Crippen LogP contribution is -2.29. The van der Waals surface area contributed by atoms with E-state index in [2.05, 4.69) is 9.71 Å². The van der Waals surface area contributed by atoms with Crippen LogP contribution in [-0.4, -0.2) is 24.9 Å². The second-order valence-corrected chi connectivity index (χ2v) is 7.58. The van der Waals surface area contributed by atoms with Gasteiger partial charge in [-0.1, -0.05) is 44.3 Å². The van der Waals surface area contributed by atoms with E-state index in [0.717, 1.165) is 6.42 Å². The number of sulfonamides is 1. The summed E-state index contributed by atoms with van der Waals surface area (Å²) in [5.41, 5.74) is 5.68. The molecular formula is C14H21N3O2S2. The van der Waals surface area contributed by atoms with Crippen molar-refractivity contribution in [1.82, 2.24) is 9.71 Å². The first kappa shape index (κ1) is 16.3. The molecule has 1 saturated carbocycles. The van der Waals surface area contributed by atoms with Crippen molar-refractivity contribution >= 4 is 27.2 Å². The lowest BCUT2D eigenvalue weighted by atomic mass is 9.87. The molecule has 0 spiro atoms. The van der Waals surface area contributed by atoms with Gasteiger partial charge in [-0.2, -0.15) is 0 Å². The van der Waals surface area contributed by atoms with Gasteiger partial charge in [0.25, 0.3) is 0 Å². The minimum absolute atomic E-state index is 0.0109. The smallest absolute Gasteiger partial charge is 0.242 e. The maximum atomic E-state index is 12.3. The highest BCUT2D eigenvalue weighted by Gasteiger charge is 2.21. The van der Waals surface area contributed by atoms with Gasteiger partial charge in [-0.25, -0.2) is 13.1 Å². The maximum absolute atomic E-state index is 12.3. The molecule has 3 N–H and O–H groups in total. The van der Waals surface area contributed by atoms with Gasteiger partial charge in [0.15, 0.2) is 0 Å². The van der Waals surface area contributed by atoms with E-state index in [1.54, 1.807) is 6.07 Å². The zero-order valence-corrected chi connectivity index (χ0v) is 13.5. The molecule has 0 atom stereocenters. The molecular weight excluding hydrogens is 306 g/mol. The van der Waals surface area contributed by atoms with Crippen LogP contribution in [-0.2, 0) is 10.0 Å². The molecule has 0 bridgehead atoms. The Morgan fingerprint density at radius 1 is 1.38 bits per heavy atom. The monoisotopic (exact) mass is 327 g/mol. The molecule has 0 aromatic carbocycles. The van der Waals surface area contributed by atoms with Crippen LogP contribution in [0.5, 0.6) is 0 Å². The molecule has 0 unspecified atom stereocenters. The summed E-state index contributed by atoms with van der Waals surface area (Å²) in [6, 6.07) is 3.04. The molecule has 0 saturated heterocycles. The molecule has 5 nitrogen and oxygen atoms in total. The van der Waals surface area contributed by atoms with Crippen molar-refractivity contribution < 1.29 is 8.42 Å². The highest BCUT2D eigenvalue weighted by Crippen LogP contribution is 2.26. The third-order valence-electron chi connectivity index (χ3n) is 3.86. The quantitative estimate of drug-likeness (QED) is 0.780. The Hall–Kier alpha value is -1.05. The van der Waals surface area contributed by atoms with Crippen molar-refractivity contribution in [3.05, 3.63) is 24.0 Å². The van der Waals surface area contributed by atoms with Crippen molar-refractivity contribution in [2.24, 2.45) is 11.7 Å². The first-order valence-electron chi connectivity index (χ1n) is 7.25. The molecule has 0 aliphatic heterocycles. The van der Waals surface area contributed by atoms with Crippen LogP contribution in [0, 0.1) is 5.92 Å². The normalized spacial score (nSPS) is 16.8. The van der Waals surface area contributed by atoms with Crippen LogP contribution in [0.2, 0.25) is 0 Å². The number of thiocarbonyl (C=S) groups is 1. The molecule has 1 fully saturated rings. The van der Waals surface area contributed by atoms with Crippen LogP contribution in [0.4, 0.5) is 0 Å². The third-order valence-corrected chi connectivity index (χ3v) is 5.55. The molecule has 7 heteroatoms. The predicted molar refractivity (Wildman–Crippen MR) is 86.5 cm³/mol. The molecule has 2 rings (SSSR count). The van der Waals surface area contributed by atoms with Crippen molar-refractivity contribution in [2.45, 2.75) is 43.4 Å². The summed E-state index contributed by atoms with van der Waals surface area (Å²) in [6.45, 7) is 0.443. The van der Waals surface area contributed by atoms with Crippen molar-refractivity contribution in [3.8, 4) is 0 Å². The summed E-state index contributed by atoms with van der Waals surface area (Å²) >= 11 is 4.86. The van der Waals surface area contributed by atoms with Crippen LogP contribution in [0.1, 0.15) is 44.2 Å². The van der Waals surface area contributed by atoms with Crippen LogP contribution in [0.3, 0.4) is 0 Å². The average Bonchev–Trinajstić information content (AvgIpc) is 2.48. The Labute approximate surface area is 131 Å². The summed E-state index contributed by atoms with van der Waals surface area (Å²) in [5.74, 6) is 0.630. The van der Waals surface area contributed by atoms with Crippen LogP contribution in [0.15, 0.2) is 23.2 Å². The van der Waals surface area contributed by atoms with Gasteiger partial charge in [-0.05, 0) is 24.5 Å². The Kier molecular flexibility index (Phi) is 5.66. The fraction of sp³-hybridized carbons (Fsp3) is 0.571. The second kappa shape index (κ2) is 7.29. The first-order chi connectivity index (χ1) is 10.0. The number of nitrogens with two attached hydrogens (primary N) is 1.